The van der Waals surface area contributed by atoms with Crippen molar-refractivity contribution in [1.29, 1.82) is 0 Å². The number of ether oxygens (including phenoxy) is 3. The lowest BCUT2D eigenvalue weighted by Crippen LogP contribution is -2.60. The number of aliphatic hydroxyl groups excluding tert-OH is 1. The van der Waals surface area contributed by atoms with E-state index in [9.17, 15) is 19.5 Å². The van der Waals surface area contributed by atoms with Crippen LogP contribution in [0.1, 0.15) is 83.3 Å². The van der Waals surface area contributed by atoms with Gasteiger partial charge in [-0.15, -0.1) is 13.2 Å². The molecular weight excluding hydrogens is 730 g/mol. The molecule has 52 heavy (non-hydrogen) atoms. The van der Waals surface area contributed by atoms with Crippen molar-refractivity contribution >= 4 is 39.6 Å². The van der Waals surface area contributed by atoms with E-state index >= 15 is 4.79 Å². The molecule has 3 amide bonds. The van der Waals surface area contributed by atoms with E-state index in [1.165, 1.54) is 7.11 Å². The number of nitrogens with one attached hydrogen (secondary N) is 1. The number of esters is 1. The normalized spacial score (nSPS) is 28.6. The van der Waals surface area contributed by atoms with Crippen LogP contribution in [-0.2, 0) is 33.4 Å². The molecule has 1 spiro atoms. The zero-order chi connectivity index (χ0) is 37.6. The highest BCUT2D eigenvalue weighted by Crippen LogP contribution is 2.61. The number of alkyl halides is 1. The Kier molecular flexibility index (Phi) is 13.8. The van der Waals surface area contributed by atoms with Crippen molar-refractivity contribution in [3.8, 4) is 0 Å². The zero-order valence-electron chi connectivity index (χ0n) is 30.8. The summed E-state index contributed by atoms with van der Waals surface area (Å²) >= 11 is 3.77. The molecule has 0 radical (unpaired) electrons. The van der Waals surface area contributed by atoms with Crippen LogP contribution in [-0.4, -0.2) is 106 Å². The number of amides is 3. The molecule has 11 nitrogen and oxygen atoms in total. The van der Waals surface area contributed by atoms with E-state index in [0.717, 1.165) is 32.1 Å². The molecule has 0 aromatic heterocycles. The smallest absolute Gasteiger partial charge is 0.313 e. The molecule has 2 N–H and O–H groups in total. The standard InChI is InChI=1S/C40H56BrN3O8/c1-6-8-19-31(46)42-30(24-50-5)34(26-15-11-9-12-16-26)51-39(49)32-33-37(47)44(28(23-45)21-25(3)4)36(40(33)22-29(41)35(32)52-40)38(48)43(20-7-2)27-17-13-10-14-18-27/h6-7,9,11-12,15-16,25,27-30,32-36,45H,1-2,8,10,13-14,17-24H2,3-5H3,(H,42,46)/t28-,29?,30+,32-,33+,34+,35-,36-,40+/m1/s1. The monoisotopic (exact) mass is 785 g/mol. The summed E-state index contributed by atoms with van der Waals surface area (Å²) in [6, 6.07) is 6.69. The van der Waals surface area contributed by atoms with E-state index in [0.29, 0.717) is 31.4 Å². The summed E-state index contributed by atoms with van der Waals surface area (Å²) in [5.74, 6) is -3.45. The molecule has 3 heterocycles. The topological polar surface area (TPSA) is 135 Å². The number of methoxy groups -OCH3 is 1. The van der Waals surface area contributed by atoms with Crippen LogP contribution < -0.4 is 5.32 Å². The SMILES string of the molecule is C=CCCC(=O)N[C@@H](COC)[C@@H](OC(=O)[C@H]1[C@@H]2O[C@@]3(CC2Br)[C@@H]1C(=O)N([C@@H](CO)CC(C)C)[C@@H]3C(=O)N(CC=C)C1CCCCC1)c1ccccc1. The summed E-state index contributed by atoms with van der Waals surface area (Å²) in [6.07, 6.45) is 8.04. The predicted molar refractivity (Wildman–Crippen MR) is 200 cm³/mol. The van der Waals surface area contributed by atoms with E-state index in [-0.39, 0.29) is 54.1 Å². The van der Waals surface area contributed by atoms with Crippen molar-refractivity contribution in [3.05, 3.63) is 61.2 Å². The minimum Gasteiger partial charge on any atom is -0.455 e. The Hall–Kier alpha value is -3.06. The van der Waals surface area contributed by atoms with Crippen LogP contribution in [0.5, 0.6) is 0 Å². The van der Waals surface area contributed by atoms with E-state index in [4.69, 9.17) is 14.2 Å². The molecule has 4 aliphatic rings. The van der Waals surface area contributed by atoms with E-state index < -0.39 is 53.7 Å². The average Bonchev–Trinajstić information content (AvgIpc) is 3.74. The molecule has 1 aliphatic carbocycles. The van der Waals surface area contributed by atoms with Gasteiger partial charge in [0.15, 0.2) is 0 Å². The van der Waals surface area contributed by atoms with Gasteiger partial charge in [0, 0.05) is 30.9 Å². The first kappa shape index (κ1) is 40.1. The van der Waals surface area contributed by atoms with Gasteiger partial charge in [-0.3, -0.25) is 19.2 Å². The number of carbonyl (C=O) groups excluding carboxylic acids is 4. The maximum atomic E-state index is 15.0. The first-order valence-electron chi connectivity index (χ1n) is 18.8. The van der Waals surface area contributed by atoms with Crippen LogP contribution in [0, 0.1) is 17.8 Å². The largest absolute Gasteiger partial charge is 0.455 e. The molecule has 4 fully saturated rings. The zero-order valence-corrected chi connectivity index (χ0v) is 32.4. The molecule has 5 rings (SSSR count). The Morgan fingerprint density at radius 1 is 1.15 bits per heavy atom. The first-order chi connectivity index (χ1) is 25.0. The molecule has 12 heteroatoms. The van der Waals surface area contributed by atoms with Gasteiger partial charge in [-0.25, -0.2) is 0 Å². The van der Waals surface area contributed by atoms with Gasteiger partial charge in [-0.05, 0) is 43.6 Å². The number of fused-ring (bicyclic) bond motifs is 1. The number of halogens is 1. The lowest BCUT2D eigenvalue weighted by molar-refractivity contribution is -0.163. The number of likely N-dealkylation sites (tertiary alicyclic amines) is 1. The van der Waals surface area contributed by atoms with Crippen molar-refractivity contribution in [2.24, 2.45) is 17.8 Å². The molecule has 3 saturated heterocycles. The molecule has 1 unspecified atom stereocenters. The summed E-state index contributed by atoms with van der Waals surface area (Å²) in [4.78, 5) is 60.6. The van der Waals surface area contributed by atoms with Crippen molar-refractivity contribution in [2.45, 2.75) is 118 Å². The summed E-state index contributed by atoms with van der Waals surface area (Å²) in [5, 5.41) is 13.7. The van der Waals surface area contributed by atoms with Crippen LogP contribution in [0.15, 0.2) is 55.6 Å². The number of rotatable bonds is 18. The Balaban J connectivity index is 1.54. The highest BCUT2D eigenvalue weighted by molar-refractivity contribution is 9.09. The first-order valence-corrected chi connectivity index (χ1v) is 19.7. The second kappa shape index (κ2) is 17.8. The van der Waals surface area contributed by atoms with E-state index in [1.54, 1.807) is 17.1 Å². The maximum absolute atomic E-state index is 15.0. The fourth-order valence-electron chi connectivity index (χ4n) is 9.06. The average molecular weight is 787 g/mol. The molecule has 1 saturated carbocycles. The number of hydrogen-bond donors (Lipinski definition) is 2. The number of hydrogen-bond acceptors (Lipinski definition) is 8. The van der Waals surface area contributed by atoms with Crippen LogP contribution in [0.4, 0.5) is 0 Å². The van der Waals surface area contributed by atoms with Gasteiger partial charge in [0.2, 0.25) is 17.7 Å². The van der Waals surface area contributed by atoms with Crippen LogP contribution in [0.3, 0.4) is 0 Å². The number of aliphatic hydroxyl groups is 1. The lowest BCUT2D eigenvalue weighted by atomic mass is 9.70. The Morgan fingerprint density at radius 2 is 1.87 bits per heavy atom. The van der Waals surface area contributed by atoms with E-state index in [2.05, 4.69) is 34.4 Å². The molecule has 2 bridgehead atoms. The highest BCUT2D eigenvalue weighted by atomic mass is 79.9. The fraction of sp³-hybridized carbons (Fsp3) is 0.650. The van der Waals surface area contributed by atoms with Gasteiger partial charge in [0.25, 0.3) is 0 Å². The second-order valence-electron chi connectivity index (χ2n) is 15.2. The third-order valence-electron chi connectivity index (χ3n) is 11.2. The minimum absolute atomic E-state index is 0.00509. The van der Waals surface area contributed by atoms with Gasteiger partial charge in [-0.1, -0.05) is 91.5 Å². The molecule has 9 atom stereocenters. The van der Waals surface area contributed by atoms with Crippen LogP contribution in [0.25, 0.3) is 0 Å². The van der Waals surface area contributed by atoms with Crippen molar-refractivity contribution in [2.75, 3.05) is 26.9 Å². The fourth-order valence-corrected chi connectivity index (χ4v) is 10.0. The summed E-state index contributed by atoms with van der Waals surface area (Å²) in [5.41, 5.74) is -0.671. The molecule has 1 aromatic rings. The highest BCUT2D eigenvalue weighted by Gasteiger charge is 2.77. The van der Waals surface area contributed by atoms with Gasteiger partial charge in [0.1, 0.15) is 17.7 Å². The summed E-state index contributed by atoms with van der Waals surface area (Å²) in [7, 11) is 1.51. The number of carbonyl (C=O) groups is 4. The lowest BCUT2D eigenvalue weighted by Gasteiger charge is -2.42. The Bertz CT molecular complexity index is 1440. The number of allylic oxidation sites excluding steroid dienone is 1. The second-order valence-corrected chi connectivity index (χ2v) is 16.3. The quantitative estimate of drug-likeness (QED) is 0.122. The molecule has 1 aromatic carbocycles. The Morgan fingerprint density at radius 3 is 2.48 bits per heavy atom. The third-order valence-corrected chi connectivity index (χ3v) is 12.1. The third kappa shape index (κ3) is 8.05. The van der Waals surface area contributed by atoms with Crippen molar-refractivity contribution in [1.82, 2.24) is 15.1 Å². The van der Waals surface area contributed by atoms with E-state index in [1.807, 2.05) is 49.1 Å². The predicted octanol–water partition coefficient (Wildman–Crippen LogP) is 4.87. The number of benzene rings is 1. The van der Waals surface area contributed by atoms with Crippen molar-refractivity contribution in [3.63, 3.8) is 0 Å². The van der Waals surface area contributed by atoms with Gasteiger partial charge in [-0.2, -0.15) is 0 Å². The van der Waals surface area contributed by atoms with Gasteiger partial charge < -0.3 is 34.4 Å². The van der Waals surface area contributed by atoms with Gasteiger partial charge in [0.05, 0.1) is 43.2 Å². The molecule has 3 aliphatic heterocycles. The molecular formula is C40H56BrN3O8. The van der Waals surface area contributed by atoms with Crippen LogP contribution in [0.2, 0.25) is 0 Å². The number of nitrogens with zero attached hydrogens (tertiary/aromatic N) is 2. The summed E-state index contributed by atoms with van der Waals surface area (Å²) in [6.45, 7) is 11.7. The minimum atomic E-state index is -1.32. The molecule has 286 valence electrons. The summed E-state index contributed by atoms with van der Waals surface area (Å²) < 4.78 is 18.7. The van der Waals surface area contributed by atoms with Gasteiger partial charge >= 0.3 is 5.97 Å². The van der Waals surface area contributed by atoms with Crippen molar-refractivity contribution < 1.29 is 38.5 Å². The maximum Gasteiger partial charge on any atom is 0.313 e. The van der Waals surface area contributed by atoms with Crippen LogP contribution >= 0.6 is 15.9 Å². The Labute approximate surface area is 316 Å².